The van der Waals surface area contributed by atoms with Gasteiger partial charge in [0.2, 0.25) is 0 Å². The van der Waals surface area contributed by atoms with Gasteiger partial charge in [-0.15, -0.1) is 0 Å². The molecule has 0 aliphatic rings. The number of nitrogens with zero attached hydrogens (tertiary/aromatic N) is 1. The molecule has 0 bridgehead atoms. The molecule has 0 heterocycles. The Labute approximate surface area is 118 Å². The molecule has 0 N–H and O–H groups in total. The van der Waals surface area contributed by atoms with Gasteiger partial charge in [-0.05, 0) is 27.9 Å². The average molecular weight is 221 g/mol. The summed E-state index contributed by atoms with van der Waals surface area (Å²) in [7, 11) is 0.387. The molecule has 0 fully saturated rings. The largest absolute Gasteiger partial charge is 1.00 e. The molecule has 0 aliphatic heterocycles. The summed E-state index contributed by atoms with van der Waals surface area (Å²) in [5.74, 6) is 0. The maximum Gasteiger partial charge on any atom is 1.00 e. The third-order valence-electron chi connectivity index (χ3n) is 1.07. The standard InChI is InChI=1S/C6H16NO3P.K.H/c1-5-9-11(8,7(3)4)10-6-2;;/h5-6H2,1-4H3;;/q;+1;-1. The molecule has 0 radical (unpaired) electrons. The van der Waals surface area contributed by atoms with Gasteiger partial charge in [-0.2, -0.15) is 0 Å². The minimum absolute atomic E-state index is 0. The third-order valence-corrected chi connectivity index (χ3v) is 3.22. The van der Waals surface area contributed by atoms with Crippen LogP contribution in [0.4, 0.5) is 0 Å². The van der Waals surface area contributed by atoms with Gasteiger partial charge in [0.25, 0.3) is 0 Å². The quantitative estimate of drug-likeness (QED) is 0.434. The van der Waals surface area contributed by atoms with Crippen molar-refractivity contribution in [3.63, 3.8) is 0 Å². The van der Waals surface area contributed by atoms with Gasteiger partial charge < -0.3 is 1.43 Å². The van der Waals surface area contributed by atoms with E-state index in [9.17, 15) is 4.57 Å². The van der Waals surface area contributed by atoms with Crippen LogP contribution in [0.2, 0.25) is 0 Å². The van der Waals surface area contributed by atoms with Gasteiger partial charge in [0.15, 0.2) is 0 Å². The third kappa shape index (κ3) is 5.47. The van der Waals surface area contributed by atoms with E-state index in [0.717, 1.165) is 0 Å². The number of hydrogen-bond acceptors (Lipinski definition) is 3. The monoisotopic (exact) mass is 221 g/mol. The van der Waals surface area contributed by atoms with Crippen molar-refractivity contribution in [2.24, 2.45) is 0 Å². The smallest absolute Gasteiger partial charge is 1.00 e. The van der Waals surface area contributed by atoms with Gasteiger partial charge >= 0.3 is 59.1 Å². The van der Waals surface area contributed by atoms with E-state index < -0.39 is 7.75 Å². The van der Waals surface area contributed by atoms with Gasteiger partial charge in [0, 0.05) is 0 Å². The molecule has 0 aromatic rings. The fraction of sp³-hybridized carbons (Fsp3) is 1.00. The van der Waals surface area contributed by atoms with Gasteiger partial charge in [0.05, 0.1) is 13.2 Å². The van der Waals surface area contributed by atoms with Crippen molar-refractivity contribution < 1.29 is 66.4 Å². The number of rotatable bonds is 5. The first-order valence-corrected chi connectivity index (χ1v) is 5.13. The molecule has 0 saturated heterocycles. The van der Waals surface area contributed by atoms with E-state index in [1.165, 1.54) is 4.67 Å². The summed E-state index contributed by atoms with van der Waals surface area (Å²) in [6, 6.07) is 0. The Bertz CT molecular complexity index is 149. The van der Waals surface area contributed by atoms with Crippen LogP contribution >= 0.6 is 7.75 Å². The average Bonchev–Trinajstić information content (AvgIpc) is 1.88. The maximum atomic E-state index is 11.6. The molecule has 4 nitrogen and oxygen atoms in total. The Balaban J connectivity index is -0.000000500. The van der Waals surface area contributed by atoms with Crippen molar-refractivity contribution in [3.8, 4) is 0 Å². The molecule has 0 spiro atoms. The van der Waals surface area contributed by atoms with Crippen molar-refractivity contribution in [2.75, 3.05) is 27.3 Å². The van der Waals surface area contributed by atoms with Crippen LogP contribution in [0.25, 0.3) is 0 Å². The zero-order valence-electron chi connectivity index (χ0n) is 9.53. The first-order chi connectivity index (χ1) is 5.06. The maximum absolute atomic E-state index is 11.6. The summed E-state index contributed by atoms with van der Waals surface area (Å²) in [4.78, 5) is 0. The van der Waals surface area contributed by atoms with Crippen molar-refractivity contribution in [3.05, 3.63) is 0 Å². The second-order valence-electron chi connectivity index (χ2n) is 2.15. The van der Waals surface area contributed by atoms with Gasteiger partial charge in [-0.3, -0.25) is 9.05 Å². The van der Waals surface area contributed by atoms with E-state index in [-0.39, 0.29) is 52.8 Å². The molecule has 0 saturated carbocycles. The summed E-state index contributed by atoms with van der Waals surface area (Å²) < 4.78 is 23.0. The number of hydrogen-bond donors (Lipinski definition) is 0. The predicted molar refractivity (Wildman–Crippen MR) is 45.7 cm³/mol. The normalized spacial score (nSPS) is 11.4. The second-order valence-corrected chi connectivity index (χ2v) is 4.40. The molecule has 0 aromatic heterocycles. The topological polar surface area (TPSA) is 38.8 Å². The van der Waals surface area contributed by atoms with Crippen LogP contribution in [0.3, 0.4) is 0 Å². The van der Waals surface area contributed by atoms with E-state index in [1.807, 2.05) is 0 Å². The Morgan fingerprint density at radius 2 is 1.58 bits per heavy atom. The molecule has 0 unspecified atom stereocenters. The minimum Gasteiger partial charge on any atom is -1.00 e. The Morgan fingerprint density at radius 3 is 1.75 bits per heavy atom. The Hall–Kier alpha value is 1.75. The first kappa shape index (κ1) is 16.2. The van der Waals surface area contributed by atoms with Crippen LogP contribution < -0.4 is 51.4 Å². The van der Waals surface area contributed by atoms with E-state index in [0.29, 0.717) is 13.2 Å². The van der Waals surface area contributed by atoms with Crippen molar-refractivity contribution in [1.29, 1.82) is 0 Å². The van der Waals surface area contributed by atoms with Crippen molar-refractivity contribution in [1.82, 2.24) is 4.67 Å². The fourth-order valence-electron chi connectivity index (χ4n) is 0.594. The Kier molecular flexibility index (Phi) is 10.9. The summed E-state index contributed by atoms with van der Waals surface area (Å²) in [6.45, 7) is 4.37. The zero-order chi connectivity index (χ0) is 8.91. The van der Waals surface area contributed by atoms with Crippen molar-refractivity contribution >= 4 is 7.75 Å². The Morgan fingerprint density at radius 1 is 1.25 bits per heavy atom. The van der Waals surface area contributed by atoms with E-state index in [4.69, 9.17) is 9.05 Å². The summed E-state index contributed by atoms with van der Waals surface area (Å²) in [6.07, 6.45) is 0. The van der Waals surface area contributed by atoms with E-state index in [1.54, 1.807) is 27.9 Å². The fourth-order valence-corrected chi connectivity index (χ4v) is 1.78. The van der Waals surface area contributed by atoms with Crippen molar-refractivity contribution in [2.45, 2.75) is 13.8 Å². The summed E-state index contributed by atoms with van der Waals surface area (Å²) >= 11 is 0. The second kappa shape index (κ2) is 8.09. The van der Waals surface area contributed by atoms with E-state index in [2.05, 4.69) is 0 Å². The summed E-state index contributed by atoms with van der Waals surface area (Å²) in [5, 5.41) is 0. The van der Waals surface area contributed by atoms with Gasteiger partial charge in [0.1, 0.15) is 0 Å². The molecule has 12 heavy (non-hydrogen) atoms. The minimum atomic E-state index is -2.96. The van der Waals surface area contributed by atoms with Crippen LogP contribution in [-0.2, 0) is 13.6 Å². The molecule has 0 amide bonds. The summed E-state index contributed by atoms with van der Waals surface area (Å²) in [5.41, 5.74) is 0. The van der Waals surface area contributed by atoms with Crippen LogP contribution in [0.1, 0.15) is 15.3 Å². The van der Waals surface area contributed by atoms with Crippen LogP contribution in [0.15, 0.2) is 0 Å². The molecule has 6 heteroatoms. The van der Waals surface area contributed by atoms with Gasteiger partial charge in [-0.1, -0.05) is 0 Å². The molecule has 0 rings (SSSR count). The predicted octanol–water partition coefficient (Wildman–Crippen LogP) is -1.15. The molecular weight excluding hydrogens is 204 g/mol. The molecular formula is C6H17KNO3P. The van der Waals surface area contributed by atoms with Crippen LogP contribution in [0.5, 0.6) is 0 Å². The molecule has 0 atom stereocenters. The SMILES string of the molecule is CCOP(=O)(OCC)N(C)C.[H-].[K+]. The first-order valence-electron chi connectivity index (χ1n) is 3.63. The molecule has 0 aromatic carbocycles. The molecule has 0 aliphatic carbocycles. The molecule has 70 valence electrons. The van der Waals surface area contributed by atoms with E-state index >= 15 is 0 Å². The van der Waals surface area contributed by atoms with Crippen LogP contribution in [-0.4, -0.2) is 32.0 Å². The van der Waals surface area contributed by atoms with Crippen LogP contribution in [0, 0.1) is 0 Å². The zero-order valence-corrected chi connectivity index (χ0v) is 12.6. The van der Waals surface area contributed by atoms with Gasteiger partial charge in [-0.25, -0.2) is 9.24 Å².